The first-order chi connectivity index (χ1) is 29.7. The van der Waals surface area contributed by atoms with Crippen molar-refractivity contribution in [3.8, 4) is 0 Å². The smallest absolute Gasteiger partial charge is 0.328 e. The second-order valence-electron chi connectivity index (χ2n) is 17.0. The van der Waals surface area contributed by atoms with E-state index in [1.807, 2.05) is 0 Å². The Morgan fingerprint density at radius 2 is 1.57 bits per heavy atom. The Bertz CT molecular complexity index is 2250. The quantitative estimate of drug-likeness (QED) is 0.253. The third-order valence-electron chi connectivity index (χ3n) is 11.7. The molecule has 4 heterocycles. The van der Waals surface area contributed by atoms with Gasteiger partial charge in [0.15, 0.2) is 0 Å². The molecule has 0 bridgehead atoms. The molecule has 6 rings (SSSR count). The fourth-order valence-electron chi connectivity index (χ4n) is 8.79. The number of amides is 6. The van der Waals surface area contributed by atoms with E-state index in [9.17, 15) is 55.2 Å². The number of nitrogens with one attached hydrogen (secondary N) is 4. The molecular weight excluding hydrogens is 852 g/mol. The van der Waals surface area contributed by atoms with Crippen LogP contribution >= 0.6 is 0 Å². The van der Waals surface area contributed by atoms with Gasteiger partial charge in [0.2, 0.25) is 45.5 Å². The van der Waals surface area contributed by atoms with Crippen molar-refractivity contribution >= 4 is 51.4 Å². The average Bonchev–Trinajstić information content (AvgIpc) is 3.81. The normalized spacial score (nSPS) is 26.6. The molecule has 21 heteroatoms. The number of ether oxygens (including phenoxy) is 1. The average molecular weight is 904 g/mol. The molecule has 342 valence electrons. The van der Waals surface area contributed by atoms with Crippen molar-refractivity contribution in [3.63, 3.8) is 0 Å². The maximum atomic E-state index is 14.8. The predicted molar refractivity (Wildman–Crippen MR) is 218 cm³/mol. The Morgan fingerprint density at radius 3 is 2.25 bits per heavy atom. The number of aryl methyl sites for hydroxylation is 1. The molecule has 63 heavy (non-hydrogen) atoms. The van der Waals surface area contributed by atoms with Crippen molar-refractivity contribution in [1.82, 2.24) is 35.4 Å². The van der Waals surface area contributed by atoms with E-state index in [1.54, 1.807) is 19.9 Å². The first-order valence-corrected chi connectivity index (χ1v) is 22.7. The van der Waals surface area contributed by atoms with Crippen molar-refractivity contribution in [2.24, 2.45) is 5.92 Å². The molecule has 0 radical (unpaired) electrons. The minimum atomic E-state index is -3.90. The number of piperidine rings is 1. The lowest BCUT2D eigenvalue weighted by molar-refractivity contribution is -0.158. The topological polar surface area (TPSA) is 221 Å². The zero-order chi connectivity index (χ0) is 45.9. The zero-order valence-corrected chi connectivity index (χ0v) is 36.1. The summed E-state index contributed by atoms with van der Waals surface area (Å²) in [6.45, 7) is 3.87. The highest BCUT2D eigenvalue weighted by Crippen LogP contribution is 2.28. The molecule has 1 unspecified atom stereocenters. The Hall–Kier alpha value is -5.57. The van der Waals surface area contributed by atoms with Gasteiger partial charge in [-0.15, -0.1) is 0 Å². The van der Waals surface area contributed by atoms with Gasteiger partial charge < -0.3 is 35.4 Å². The summed E-state index contributed by atoms with van der Waals surface area (Å²) in [5.74, 6) is -8.74. The number of hydrogen-bond acceptors (Lipinski definition) is 10. The number of halogens is 3. The first kappa shape index (κ1) is 46.9. The van der Waals surface area contributed by atoms with Gasteiger partial charge in [-0.25, -0.2) is 31.1 Å². The van der Waals surface area contributed by atoms with Gasteiger partial charge in [0.1, 0.15) is 60.3 Å². The van der Waals surface area contributed by atoms with E-state index in [0.29, 0.717) is 24.5 Å². The maximum absolute atomic E-state index is 14.8. The highest BCUT2D eigenvalue weighted by molar-refractivity contribution is 7.88. The highest BCUT2D eigenvalue weighted by Gasteiger charge is 2.48. The molecule has 2 aromatic rings. The third kappa shape index (κ3) is 11.5. The van der Waals surface area contributed by atoms with Gasteiger partial charge in [-0.2, -0.15) is 0 Å². The largest absolute Gasteiger partial charge is 0.461 e. The summed E-state index contributed by atoms with van der Waals surface area (Å²) in [5.41, 5.74) is 0.478. The fourth-order valence-corrected chi connectivity index (χ4v) is 9.57. The molecule has 0 aliphatic carbocycles. The van der Waals surface area contributed by atoms with E-state index in [2.05, 4.69) is 20.7 Å². The number of benzene rings is 2. The van der Waals surface area contributed by atoms with Crippen LogP contribution < -0.4 is 20.7 Å². The summed E-state index contributed by atoms with van der Waals surface area (Å²) in [6, 6.07) is -2.64. The van der Waals surface area contributed by atoms with Crippen molar-refractivity contribution in [1.29, 1.82) is 0 Å². The first-order valence-electron chi connectivity index (χ1n) is 20.8. The minimum Gasteiger partial charge on any atom is -0.461 e. The lowest BCUT2D eigenvalue weighted by Crippen LogP contribution is -2.62. The van der Waals surface area contributed by atoms with Crippen molar-refractivity contribution < 1.29 is 59.9 Å². The summed E-state index contributed by atoms with van der Waals surface area (Å²) >= 11 is 0. The number of carbonyl (C=O) groups is 7. The van der Waals surface area contributed by atoms with Crippen LogP contribution in [-0.2, 0) is 61.2 Å². The molecule has 4 aliphatic heterocycles. The van der Waals surface area contributed by atoms with Crippen LogP contribution in [0, 0.1) is 30.3 Å². The van der Waals surface area contributed by atoms with Crippen LogP contribution in [0.1, 0.15) is 62.6 Å². The van der Waals surface area contributed by atoms with Gasteiger partial charge in [-0.1, -0.05) is 19.1 Å². The SMILES string of the molecule is Cc1ccc(CC(=O)N[C@@H](Cc2cc(F)cc(F)c2)C(=O)N[C@H]2COC(=O)[C@@H]3C[C@@H](C)CN3C(=O)[C@H](C)NC(=O)[C@@H]3CCCCN3C(=O)[C@@H]3CC(NS(C)(=O)=O)CN3C2=O)c(F)c1. The van der Waals surface area contributed by atoms with Crippen molar-refractivity contribution in [2.75, 3.05) is 32.5 Å². The zero-order valence-electron chi connectivity index (χ0n) is 35.3. The van der Waals surface area contributed by atoms with Crippen LogP contribution in [0.5, 0.6) is 0 Å². The number of cyclic esters (lactones) is 1. The molecule has 4 N–H and O–H groups in total. The molecule has 4 aliphatic rings. The summed E-state index contributed by atoms with van der Waals surface area (Å²) in [7, 11) is -3.90. The molecular formula is C42H52F3N7O10S. The number of hydrogen-bond donors (Lipinski definition) is 4. The van der Waals surface area contributed by atoms with Crippen molar-refractivity contribution in [2.45, 2.75) is 108 Å². The summed E-state index contributed by atoms with van der Waals surface area (Å²) in [6.07, 6.45) is 0.992. The Labute approximate surface area is 362 Å². The van der Waals surface area contributed by atoms with Gasteiger partial charge >= 0.3 is 5.97 Å². The van der Waals surface area contributed by atoms with Crippen molar-refractivity contribution in [3.05, 3.63) is 70.5 Å². The molecule has 2 aromatic carbocycles. The number of fused-ring (bicyclic) bond motifs is 3. The number of nitrogens with zero attached hydrogens (tertiary/aromatic N) is 3. The summed E-state index contributed by atoms with van der Waals surface area (Å²) in [5, 5.41) is 7.62. The van der Waals surface area contributed by atoms with E-state index >= 15 is 0 Å². The number of esters is 1. The molecule has 4 fully saturated rings. The molecule has 0 spiro atoms. The molecule has 17 nitrogen and oxygen atoms in total. The van der Waals surface area contributed by atoms with Crippen LogP contribution in [0.2, 0.25) is 0 Å². The van der Waals surface area contributed by atoms with Gasteiger partial charge in [-0.3, -0.25) is 28.8 Å². The third-order valence-corrected chi connectivity index (χ3v) is 12.5. The van der Waals surface area contributed by atoms with Gasteiger partial charge in [-0.05, 0) is 86.8 Å². The summed E-state index contributed by atoms with van der Waals surface area (Å²) < 4.78 is 76.4. The van der Waals surface area contributed by atoms with Gasteiger partial charge in [0, 0.05) is 38.2 Å². The summed E-state index contributed by atoms with van der Waals surface area (Å²) in [4.78, 5) is 102. The molecule has 8 atom stereocenters. The lowest BCUT2D eigenvalue weighted by Gasteiger charge is -2.39. The van der Waals surface area contributed by atoms with E-state index in [4.69, 9.17) is 4.74 Å². The molecule has 0 aromatic heterocycles. The molecule has 0 saturated carbocycles. The number of carbonyl (C=O) groups excluding carboxylic acids is 7. The molecule has 6 amide bonds. The lowest BCUT2D eigenvalue weighted by atomic mass is 9.99. The number of rotatable bonds is 9. The second-order valence-corrected chi connectivity index (χ2v) is 18.8. The second kappa shape index (κ2) is 19.4. The van der Waals surface area contributed by atoms with Crippen LogP contribution in [0.15, 0.2) is 36.4 Å². The Balaban J connectivity index is 1.37. The predicted octanol–water partition coefficient (Wildman–Crippen LogP) is 0.365. The standard InChI is InChI=1S/C42H52F3N7O10S/c1-22-8-9-26(30(45)11-22)16-36(53)47-31(15-25-13-27(43)17-28(44)14-25)37(54)48-32-21-62-42(59)35-12-23(2)19-51(35)39(56)24(3)46-38(55)33-7-5-6-10-50(33)41(58)34-18-29(49-63(4,60)61)20-52(34)40(32)57/h8-9,11,13-14,17,23-24,29,31-35,49H,5-7,10,12,15-16,18-21H2,1-4H3,(H,46,55)(H,47,53)(H,48,54)/t23-,24+,29?,31+,32+,33+,34+,35+/m1/s1. The van der Waals surface area contributed by atoms with E-state index in [0.717, 1.165) is 23.3 Å². The maximum Gasteiger partial charge on any atom is 0.328 e. The van der Waals surface area contributed by atoms with Crippen LogP contribution in [-0.4, -0.2) is 139 Å². The molecule has 4 saturated heterocycles. The van der Waals surface area contributed by atoms with E-state index < -0.39 is 137 Å². The Kier molecular flexibility index (Phi) is 14.5. The van der Waals surface area contributed by atoms with Crippen LogP contribution in [0.25, 0.3) is 0 Å². The fraction of sp³-hybridized carbons (Fsp3) is 0.548. The van der Waals surface area contributed by atoms with E-state index in [1.165, 1.54) is 28.9 Å². The number of sulfonamides is 1. The monoisotopic (exact) mass is 903 g/mol. The van der Waals surface area contributed by atoms with Gasteiger partial charge in [0.05, 0.1) is 12.7 Å². The Morgan fingerprint density at radius 1 is 0.873 bits per heavy atom. The van der Waals surface area contributed by atoms with Gasteiger partial charge in [0.25, 0.3) is 0 Å². The minimum absolute atomic E-state index is 0.0211. The van der Waals surface area contributed by atoms with E-state index in [-0.39, 0.29) is 49.4 Å². The van der Waals surface area contributed by atoms with Crippen LogP contribution in [0.4, 0.5) is 13.2 Å². The highest BCUT2D eigenvalue weighted by atomic mass is 32.2. The van der Waals surface area contributed by atoms with Crippen LogP contribution in [0.3, 0.4) is 0 Å².